The Balaban J connectivity index is 2.15. The summed E-state index contributed by atoms with van der Waals surface area (Å²) in [6.07, 6.45) is 0. The highest BCUT2D eigenvalue weighted by atomic mass is 19.1. The summed E-state index contributed by atoms with van der Waals surface area (Å²) in [5.74, 6) is 1.38. The molecular weight excluding hydrogens is 219 g/mol. The van der Waals surface area contributed by atoms with Crippen LogP contribution < -0.4 is 5.32 Å². The summed E-state index contributed by atoms with van der Waals surface area (Å²) in [7, 11) is 1.89. The van der Waals surface area contributed by atoms with Crippen LogP contribution in [0.2, 0.25) is 0 Å². The molecule has 0 aliphatic carbocycles. The quantitative estimate of drug-likeness (QED) is 0.885. The third kappa shape index (κ3) is 2.27. The summed E-state index contributed by atoms with van der Waals surface area (Å²) in [5, 5.41) is 11.0. The number of aromatic nitrogens is 3. The van der Waals surface area contributed by atoms with E-state index in [2.05, 4.69) is 15.5 Å². The molecule has 0 amide bonds. The molecule has 90 valence electrons. The Bertz CT molecular complexity index is 513. The van der Waals surface area contributed by atoms with Crippen molar-refractivity contribution in [1.29, 1.82) is 0 Å². The zero-order valence-corrected chi connectivity index (χ0v) is 10.2. The number of rotatable bonds is 3. The number of nitrogens with zero attached hydrogens (tertiary/aromatic N) is 3. The van der Waals surface area contributed by atoms with Gasteiger partial charge >= 0.3 is 0 Å². The zero-order chi connectivity index (χ0) is 12.4. The molecule has 1 heterocycles. The second kappa shape index (κ2) is 4.53. The maximum absolute atomic E-state index is 13.6. The Morgan fingerprint density at radius 1 is 1.29 bits per heavy atom. The number of anilines is 1. The Morgan fingerprint density at radius 2 is 2.06 bits per heavy atom. The number of benzene rings is 1. The van der Waals surface area contributed by atoms with Gasteiger partial charge in [-0.3, -0.25) is 0 Å². The third-order valence-electron chi connectivity index (χ3n) is 2.83. The molecule has 1 aromatic carbocycles. The summed E-state index contributed by atoms with van der Waals surface area (Å²) < 4.78 is 15.4. The van der Waals surface area contributed by atoms with Gasteiger partial charge in [-0.15, -0.1) is 10.2 Å². The van der Waals surface area contributed by atoms with Crippen molar-refractivity contribution >= 4 is 5.69 Å². The van der Waals surface area contributed by atoms with Crippen LogP contribution in [0.1, 0.15) is 17.2 Å². The van der Waals surface area contributed by atoms with Crippen LogP contribution in [0.5, 0.6) is 0 Å². The monoisotopic (exact) mass is 234 g/mol. The van der Waals surface area contributed by atoms with E-state index >= 15 is 0 Å². The van der Waals surface area contributed by atoms with Crippen molar-refractivity contribution in [3.63, 3.8) is 0 Å². The number of halogens is 1. The van der Waals surface area contributed by atoms with Crippen LogP contribution in [0.3, 0.4) is 0 Å². The van der Waals surface area contributed by atoms with E-state index in [9.17, 15) is 4.39 Å². The van der Waals surface area contributed by atoms with Crippen molar-refractivity contribution in [1.82, 2.24) is 14.8 Å². The molecular formula is C12H15FN4. The number of aryl methyl sites for hydroxylation is 2. The van der Waals surface area contributed by atoms with Crippen molar-refractivity contribution in [2.45, 2.75) is 20.4 Å². The van der Waals surface area contributed by atoms with Crippen molar-refractivity contribution in [2.24, 2.45) is 7.05 Å². The van der Waals surface area contributed by atoms with Crippen LogP contribution in [0.25, 0.3) is 0 Å². The Morgan fingerprint density at radius 3 is 2.65 bits per heavy atom. The predicted octanol–water partition coefficient (Wildman–Crippen LogP) is 2.18. The lowest BCUT2D eigenvalue weighted by Gasteiger charge is -2.10. The van der Waals surface area contributed by atoms with Crippen molar-refractivity contribution in [2.75, 3.05) is 5.32 Å². The number of hydrogen-bond donors (Lipinski definition) is 1. The van der Waals surface area contributed by atoms with Crippen LogP contribution in [0.15, 0.2) is 18.2 Å². The SMILES string of the molecule is Cc1cccc(F)c1NCc1nnc(C)n1C. The van der Waals surface area contributed by atoms with Gasteiger partial charge in [-0.25, -0.2) is 4.39 Å². The van der Waals surface area contributed by atoms with Gasteiger partial charge in [0.15, 0.2) is 5.82 Å². The van der Waals surface area contributed by atoms with E-state index in [0.29, 0.717) is 12.2 Å². The van der Waals surface area contributed by atoms with Crippen molar-refractivity contribution < 1.29 is 4.39 Å². The molecule has 2 aromatic rings. The normalized spacial score (nSPS) is 10.6. The van der Waals surface area contributed by atoms with E-state index < -0.39 is 0 Å². The van der Waals surface area contributed by atoms with Crippen LogP contribution in [0, 0.1) is 19.7 Å². The van der Waals surface area contributed by atoms with E-state index in [1.54, 1.807) is 6.07 Å². The molecule has 0 aliphatic rings. The highest BCUT2D eigenvalue weighted by molar-refractivity contribution is 5.51. The van der Waals surface area contributed by atoms with Crippen molar-refractivity contribution in [3.8, 4) is 0 Å². The molecule has 1 aromatic heterocycles. The van der Waals surface area contributed by atoms with Crippen LogP contribution in [-0.4, -0.2) is 14.8 Å². The molecule has 0 fully saturated rings. The average Bonchev–Trinajstić information content (AvgIpc) is 2.60. The van der Waals surface area contributed by atoms with E-state index in [4.69, 9.17) is 0 Å². The van der Waals surface area contributed by atoms with Gasteiger partial charge in [0, 0.05) is 7.05 Å². The Kier molecular flexibility index (Phi) is 3.08. The van der Waals surface area contributed by atoms with Gasteiger partial charge in [0.2, 0.25) is 0 Å². The Labute approximate surface area is 99.5 Å². The Hall–Kier alpha value is -1.91. The second-order valence-corrected chi connectivity index (χ2v) is 4.01. The molecule has 0 bridgehead atoms. The second-order valence-electron chi connectivity index (χ2n) is 4.01. The molecule has 0 atom stereocenters. The van der Waals surface area contributed by atoms with Gasteiger partial charge in [0.1, 0.15) is 11.6 Å². The van der Waals surface area contributed by atoms with Crippen LogP contribution >= 0.6 is 0 Å². The first-order valence-corrected chi connectivity index (χ1v) is 5.43. The molecule has 5 heteroatoms. The number of para-hydroxylation sites is 1. The molecule has 2 rings (SSSR count). The highest BCUT2D eigenvalue weighted by Gasteiger charge is 2.08. The van der Waals surface area contributed by atoms with Gasteiger partial charge in [-0.1, -0.05) is 12.1 Å². The third-order valence-corrected chi connectivity index (χ3v) is 2.83. The minimum atomic E-state index is -0.246. The highest BCUT2D eigenvalue weighted by Crippen LogP contribution is 2.19. The topological polar surface area (TPSA) is 42.7 Å². The number of hydrogen-bond acceptors (Lipinski definition) is 3. The molecule has 1 N–H and O–H groups in total. The summed E-state index contributed by atoms with van der Waals surface area (Å²) in [5.41, 5.74) is 1.40. The molecule has 0 saturated heterocycles. The smallest absolute Gasteiger partial charge is 0.152 e. The lowest BCUT2D eigenvalue weighted by molar-refractivity contribution is 0.628. The van der Waals surface area contributed by atoms with Gasteiger partial charge in [0.25, 0.3) is 0 Å². The van der Waals surface area contributed by atoms with Gasteiger partial charge in [0.05, 0.1) is 12.2 Å². The maximum atomic E-state index is 13.6. The molecule has 4 nitrogen and oxygen atoms in total. The maximum Gasteiger partial charge on any atom is 0.152 e. The number of nitrogens with one attached hydrogen (secondary N) is 1. The minimum Gasteiger partial charge on any atom is -0.375 e. The van der Waals surface area contributed by atoms with E-state index in [-0.39, 0.29) is 5.82 Å². The lowest BCUT2D eigenvalue weighted by atomic mass is 10.2. The first-order valence-electron chi connectivity index (χ1n) is 5.43. The van der Waals surface area contributed by atoms with Crippen molar-refractivity contribution in [3.05, 3.63) is 41.2 Å². The summed E-state index contributed by atoms with van der Waals surface area (Å²) in [6.45, 7) is 4.21. The first kappa shape index (κ1) is 11.6. The predicted molar refractivity (Wildman–Crippen MR) is 64.2 cm³/mol. The molecule has 0 aliphatic heterocycles. The van der Waals surface area contributed by atoms with Gasteiger partial charge < -0.3 is 9.88 Å². The standard InChI is InChI=1S/C12H15FN4/c1-8-5-4-6-10(13)12(8)14-7-11-16-15-9(2)17(11)3/h4-6,14H,7H2,1-3H3. The zero-order valence-electron chi connectivity index (χ0n) is 10.2. The van der Waals surface area contributed by atoms with E-state index in [0.717, 1.165) is 17.2 Å². The average molecular weight is 234 g/mol. The van der Waals surface area contributed by atoms with Crippen LogP contribution in [0.4, 0.5) is 10.1 Å². The fraction of sp³-hybridized carbons (Fsp3) is 0.333. The molecule has 0 saturated carbocycles. The van der Waals surface area contributed by atoms with Crippen LogP contribution in [-0.2, 0) is 13.6 Å². The first-order chi connectivity index (χ1) is 8.09. The summed E-state index contributed by atoms with van der Waals surface area (Å²) >= 11 is 0. The fourth-order valence-corrected chi connectivity index (χ4v) is 1.63. The summed E-state index contributed by atoms with van der Waals surface area (Å²) in [4.78, 5) is 0. The molecule has 0 unspecified atom stereocenters. The summed E-state index contributed by atoms with van der Waals surface area (Å²) in [6, 6.07) is 5.01. The van der Waals surface area contributed by atoms with Gasteiger partial charge in [-0.05, 0) is 25.5 Å². The largest absolute Gasteiger partial charge is 0.375 e. The molecule has 0 radical (unpaired) electrons. The molecule has 17 heavy (non-hydrogen) atoms. The van der Waals surface area contributed by atoms with E-state index in [1.807, 2.05) is 31.5 Å². The fourth-order valence-electron chi connectivity index (χ4n) is 1.63. The molecule has 0 spiro atoms. The van der Waals surface area contributed by atoms with E-state index in [1.165, 1.54) is 6.07 Å². The van der Waals surface area contributed by atoms with Gasteiger partial charge in [-0.2, -0.15) is 0 Å². The lowest BCUT2D eigenvalue weighted by Crippen LogP contribution is -2.08. The minimum absolute atomic E-state index is 0.246.